The van der Waals surface area contributed by atoms with E-state index in [1.165, 1.54) is 0 Å². The molecule has 1 saturated heterocycles. The van der Waals surface area contributed by atoms with E-state index >= 15 is 0 Å². The van der Waals surface area contributed by atoms with E-state index in [0.717, 1.165) is 22.2 Å². The van der Waals surface area contributed by atoms with Crippen molar-refractivity contribution in [3.05, 3.63) is 89.2 Å². The van der Waals surface area contributed by atoms with Crippen LogP contribution in [0.3, 0.4) is 0 Å². The first-order chi connectivity index (χ1) is 16.5. The number of rotatable bonds is 4. The molecule has 2 aromatic carbocycles. The summed E-state index contributed by atoms with van der Waals surface area (Å²) in [4.78, 5) is 38.2. The van der Waals surface area contributed by atoms with Gasteiger partial charge in [-0.1, -0.05) is 11.6 Å². The summed E-state index contributed by atoms with van der Waals surface area (Å²) in [5, 5.41) is 1.31. The molecule has 0 N–H and O–H groups in total. The average molecular weight is 471 g/mol. The summed E-state index contributed by atoms with van der Waals surface area (Å²) in [6.07, 6.45) is 3.46. The van der Waals surface area contributed by atoms with Gasteiger partial charge in [0.25, 0.3) is 5.91 Å². The highest BCUT2D eigenvalue weighted by Crippen LogP contribution is 2.28. The first-order valence-corrected chi connectivity index (χ1v) is 11.5. The van der Waals surface area contributed by atoms with E-state index in [1.54, 1.807) is 31.5 Å². The molecule has 170 valence electrons. The minimum atomic E-state index is -0.0358. The maximum atomic E-state index is 13.7. The zero-order valence-corrected chi connectivity index (χ0v) is 19.5. The topological polar surface area (TPSA) is 66.4 Å². The third-order valence-electron chi connectivity index (χ3n) is 6.16. The number of halogens is 1. The second-order valence-electron chi connectivity index (χ2n) is 8.34. The molecule has 7 heteroatoms. The number of carbonyl (C=O) groups is 2. The van der Waals surface area contributed by atoms with Gasteiger partial charge < -0.3 is 9.80 Å². The lowest BCUT2D eigenvalue weighted by molar-refractivity contribution is 0.0748. The fourth-order valence-corrected chi connectivity index (χ4v) is 4.45. The second-order valence-corrected chi connectivity index (χ2v) is 8.78. The molecule has 34 heavy (non-hydrogen) atoms. The number of amides is 1. The van der Waals surface area contributed by atoms with Crippen LogP contribution in [0.2, 0.25) is 5.02 Å². The van der Waals surface area contributed by atoms with Crippen molar-refractivity contribution in [1.82, 2.24) is 14.9 Å². The normalized spacial score (nSPS) is 13.8. The molecule has 0 saturated carbocycles. The third kappa shape index (κ3) is 4.37. The lowest BCUT2D eigenvalue weighted by Gasteiger charge is -2.36. The number of hydrogen-bond donors (Lipinski definition) is 0. The number of piperazine rings is 1. The molecule has 6 nitrogen and oxygen atoms in total. The van der Waals surface area contributed by atoms with Gasteiger partial charge in [0.15, 0.2) is 5.78 Å². The zero-order chi connectivity index (χ0) is 23.7. The zero-order valence-electron chi connectivity index (χ0n) is 18.7. The van der Waals surface area contributed by atoms with Crippen LogP contribution in [0, 0.1) is 0 Å². The molecule has 1 aliphatic heterocycles. The Morgan fingerprint density at radius 1 is 0.941 bits per heavy atom. The van der Waals surface area contributed by atoms with Crippen molar-refractivity contribution in [2.45, 2.75) is 6.92 Å². The van der Waals surface area contributed by atoms with E-state index in [-0.39, 0.29) is 11.7 Å². The Labute approximate surface area is 202 Å². The van der Waals surface area contributed by atoms with Gasteiger partial charge in [0, 0.05) is 65.8 Å². The van der Waals surface area contributed by atoms with E-state index in [1.807, 2.05) is 53.4 Å². The van der Waals surface area contributed by atoms with Crippen molar-refractivity contribution in [2.75, 3.05) is 31.1 Å². The summed E-state index contributed by atoms with van der Waals surface area (Å²) in [5.41, 5.74) is 4.62. The summed E-state index contributed by atoms with van der Waals surface area (Å²) in [7, 11) is 0. The van der Waals surface area contributed by atoms with Crippen LogP contribution in [0.15, 0.2) is 73.1 Å². The summed E-state index contributed by atoms with van der Waals surface area (Å²) in [6, 6.07) is 18.7. The summed E-state index contributed by atoms with van der Waals surface area (Å²) >= 11 is 6.27. The van der Waals surface area contributed by atoms with Crippen LogP contribution in [0.1, 0.15) is 27.6 Å². The lowest BCUT2D eigenvalue weighted by atomic mass is 10.0. The third-order valence-corrected chi connectivity index (χ3v) is 6.40. The van der Waals surface area contributed by atoms with Gasteiger partial charge in [-0.15, -0.1) is 0 Å². The average Bonchev–Trinajstić information content (AvgIpc) is 2.88. The minimum absolute atomic E-state index is 0.0358. The highest BCUT2D eigenvalue weighted by Gasteiger charge is 2.25. The number of fused-ring (bicyclic) bond motifs is 1. The molecule has 5 rings (SSSR count). The van der Waals surface area contributed by atoms with Crippen molar-refractivity contribution in [2.24, 2.45) is 0 Å². The summed E-state index contributed by atoms with van der Waals surface area (Å²) in [6.45, 7) is 4.18. The predicted octanol–water partition coefficient (Wildman–Crippen LogP) is 5.12. The van der Waals surface area contributed by atoms with E-state index < -0.39 is 0 Å². The SMILES string of the molecule is CC(=O)c1ccc(N2CCN(C(=O)c3cc(-c4cccnc4)nc4ccc(Cl)cc34)CC2)cc1. The number of ketones is 1. The maximum absolute atomic E-state index is 13.7. The molecule has 1 aliphatic rings. The number of benzene rings is 2. The number of anilines is 1. The Morgan fingerprint density at radius 3 is 2.38 bits per heavy atom. The van der Waals surface area contributed by atoms with Crippen LogP contribution in [0.4, 0.5) is 5.69 Å². The number of pyridine rings is 2. The Hall–Kier alpha value is -3.77. The quantitative estimate of drug-likeness (QED) is 0.387. The molecular weight excluding hydrogens is 448 g/mol. The van der Waals surface area contributed by atoms with Crippen LogP contribution in [-0.4, -0.2) is 52.7 Å². The Balaban J connectivity index is 1.41. The molecule has 0 spiro atoms. The molecule has 0 bridgehead atoms. The van der Waals surface area contributed by atoms with E-state index in [4.69, 9.17) is 16.6 Å². The fraction of sp³-hybridized carbons (Fsp3) is 0.185. The standard InChI is InChI=1S/C27H23ClN4O2/c1-18(33)19-4-7-22(8-5-19)31-11-13-32(14-12-31)27(34)24-16-26(20-3-2-10-29-17-20)30-25-9-6-21(28)15-23(24)25/h2-10,15-17H,11-14H2,1H3. The first kappa shape index (κ1) is 22.0. The van der Waals surface area contributed by atoms with Crippen molar-refractivity contribution in [3.8, 4) is 11.3 Å². The molecule has 4 aromatic rings. The van der Waals surface area contributed by atoms with Crippen molar-refractivity contribution < 1.29 is 9.59 Å². The van der Waals surface area contributed by atoms with E-state index in [9.17, 15) is 9.59 Å². The Morgan fingerprint density at radius 2 is 1.71 bits per heavy atom. The van der Waals surface area contributed by atoms with Crippen LogP contribution in [-0.2, 0) is 0 Å². The Kier molecular flexibility index (Phi) is 5.99. The smallest absolute Gasteiger partial charge is 0.254 e. The van der Waals surface area contributed by atoms with E-state index in [0.29, 0.717) is 48.0 Å². The van der Waals surface area contributed by atoms with Crippen LogP contribution >= 0.6 is 11.6 Å². The number of Topliss-reactive ketones (excluding diaryl/α,β-unsaturated/α-hetero) is 1. The number of hydrogen-bond acceptors (Lipinski definition) is 5. The number of carbonyl (C=O) groups excluding carboxylic acids is 2. The molecular formula is C27H23ClN4O2. The molecule has 0 radical (unpaired) electrons. The molecule has 2 aromatic heterocycles. The number of nitrogens with zero attached hydrogens (tertiary/aromatic N) is 4. The highest BCUT2D eigenvalue weighted by molar-refractivity contribution is 6.31. The van der Waals surface area contributed by atoms with Crippen LogP contribution in [0.5, 0.6) is 0 Å². The molecule has 0 unspecified atom stereocenters. The van der Waals surface area contributed by atoms with Gasteiger partial charge in [-0.05, 0) is 67.6 Å². The summed E-state index contributed by atoms with van der Waals surface area (Å²) in [5.74, 6) is 0.0173. The van der Waals surface area contributed by atoms with Crippen LogP contribution in [0.25, 0.3) is 22.2 Å². The predicted molar refractivity (Wildman–Crippen MR) is 135 cm³/mol. The molecule has 3 heterocycles. The minimum Gasteiger partial charge on any atom is -0.368 e. The molecule has 0 atom stereocenters. The van der Waals surface area contributed by atoms with Crippen molar-refractivity contribution in [1.29, 1.82) is 0 Å². The van der Waals surface area contributed by atoms with Crippen LogP contribution < -0.4 is 4.90 Å². The lowest BCUT2D eigenvalue weighted by Crippen LogP contribution is -2.48. The Bertz CT molecular complexity index is 1370. The van der Waals surface area contributed by atoms with Gasteiger partial charge in [0.1, 0.15) is 0 Å². The van der Waals surface area contributed by atoms with E-state index in [2.05, 4.69) is 9.88 Å². The van der Waals surface area contributed by atoms with Gasteiger partial charge in [0.05, 0.1) is 16.8 Å². The second kappa shape index (κ2) is 9.23. The monoisotopic (exact) mass is 470 g/mol. The largest absolute Gasteiger partial charge is 0.368 e. The first-order valence-electron chi connectivity index (χ1n) is 11.2. The van der Waals surface area contributed by atoms with Gasteiger partial charge in [-0.3, -0.25) is 14.6 Å². The van der Waals surface area contributed by atoms with Gasteiger partial charge in [0.2, 0.25) is 0 Å². The van der Waals surface area contributed by atoms with Crippen molar-refractivity contribution in [3.63, 3.8) is 0 Å². The highest BCUT2D eigenvalue weighted by atomic mass is 35.5. The van der Waals surface area contributed by atoms with Gasteiger partial charge >= 0.3 is 0 Å². The maximum Gasteiger partial charge on any atom is 0.254 e. The fourth-order valence-electron chi connectivity index (χ4n) is 4.28. The summed E-state index contributed by atoms with van der Waals surface area (Å²) < 4.78 is 0. The van der Waals surface area contributed by atoms with Gasteiger partial charge in [-0.25, -0.2) is 4.98 Å². The van der Waals surface area contributed by atoms with Crippen molar-refractivity contribution >= 4 is 39.9 Å². The molecule has 1 fully saturated rings. The number of aromatic nitrogens is 2. The van der Waals surface area contributed by atoms with Gasteiger partial charge in [-0.2, -0.15) is 0 Å². The molecule has 1 amide bonds. The molecule has 0 aliphatic carbocycles.